The van der Waals surface area contributed by atoms with Crippen LogP contribution in [-0.4, -0.2) is 28.6 Å². The van der Waals surface area contributed by atoms with Crippen LogP contribution in [0.3, 0.4) is 0 Å². The van der Waals surface area contributed by atoms with Crippen molar-refractivity contribution >= 4 is 28.3 Å². The Bertz CT molecular complexity index is 893. The number of fused-ring (bicyclic) bond motifs is 1. The number of carbonyl (C=O) groups is 1. The van der Waals surface area contributed by atoms with Crippen LogP contribution in [0.25, 0.3) is 16.0 Å². The molecule has 0 saturated heterocycles. The van der Waals surface area contributed by atoms with E-state index in [1.54, 1.807) is 7.11 Å². The monoisotopic (exact) mass is 327 g/mol. The van der Waals surface area contributed by atoms with Crippen molar-refractivity contribution in [3.8, 4) is 10.8 Å². The fourth-order valence-electron chi connectivity index (χ4n) is 2.69. The smallest absolute Gasteiger partial charge is 0.261 e. The van der Waals surface area contributed by atoms with Crippen LogP contribution in [0.2, 0.25) is 0 Å². The van der Waals surface area contributed by atoms with Crippen molar-refractivity contribution in [3.05, 3.63) is 41.0 Å². The minimum atomic E-state index is 0.0170. The van der Waals surface area contributed by atoms with Crippen LogP contribution in [0.15, 0.2) is 30.3 Å². The molecule has 1 N–H and O–H groups in total. The van der Waals surface area contributed by atoms with Crippen LogP contribution in [0.4, 0.5) is 0 Å². The molecule has 1 aliphatic carbocycles. The van der Waals surface area contributed by atoms with Crippen LogP contribution in [0.5, 0.6) is 5.75 Å². The molecular weight excluding hydrogens is 310 g/mol. The lowest BCUT2D eigenvalue weighted by Gasteiger charge is -2.04. The zero-order valence-corrected chi connectivity index (χ0v) is 13.8. The van der Waals surface area contributed by atoms with Gasteiger partial charge >= 0.3 is 0 Å². The first-order chi connectivity index (χ1) is 11.2. The summed E-state index contributed by atoms with van der Waals surface area (Å²) in [5.41, 5.74) is 1.82. The molecule has 1 saturated carbocycles. The average molecular weight is 327 g/mol. The number of aryl methyl sites for hydroxylation is 1. The number of carbonyl (C=O) groups excluding carboxylic acids is 1. The molecule has 1 amide bonds. The molecule has 0 radical (unpaired) electrons. The molecule has 4 rings (SSSR count). The molecule has 118 valence electrons. The highest BCUT2D eigenvalue weighted by atomic mass is 32.1. The molecule has 0 spiro atoms. The summed E-state index contributed by atoms with van der Waals surface area (Å²) in [5.74, 6) is 1.65. The first kappa shape index (κ1) is 14.3. The Hall–Kier alpha value is -2.34. The quantitative estimate of drug-likeness (QED) is 0.800. The average Bonchev–Trinajstić information content (AvgIpc) is 3.10. The van der Waals surface area contributed by atoms with Crippen LogP contribution in [0, 0.1) is 6.92 Å². The van der Waals surface area contributed by atoms with Gasteiger partial charge in [0, 0.05) is 6.04 Å². The number of ether oxygens (including phenoxy) is 1. The standard InChI is InChI=1S/C17H17N3O2S/c1-10-18-16-12(4-3-5-13(16)22-2)20(10)15-9-8-14(23-15)17(21)19-11-6-7-11/h3-5,8-9,11H,6-7H2,1-2H3,(H,19,21). The first-order valence-electron chi connectivity index (χ1n) is 7.60. The lowest BCUT2D eigenvalue weighted by molar-refractivity contribution is 0.0955. The highest BCUT2D eigenvalue weighted by Gasteiger charge is 2.24. The number of thiophene rings is 1. The van der Waals surface area contributed by atoms with Gasteiger partial charge < -0.3 is 10.1 Å². The van der Waals surface area contributed by atoms with Gasteiger partial charge in [-0.05, 0) is 44.0 Å². The number of rotatable bonds is 4. The topological polar surface area (TPSA) is 56.2 Å². The minimum Gasteiger partial charge on any atom is -0.494 e. The number of aromatic nitrogens is 2. The van der Waals surface area contributed by atoms with Gasteiger partial charge in [0.05, 0.1) is 17.5 Å². The second kappa shape index (κ2) is 5.38. The van der Waals surface area contributed by atoms with Gasteiger partial charge in [-0.15, -0.1) is 11.3 Å². The second-order valence-corrected chi connectivity index (χ2v) is 6.77. The predicted octanol–water partition coefficient (Wildman–Crippen LogP) is 3.30. The van der Waals surface area contributed by atoms with Crippen molar-refractivity contribution in [3.63, 3.8) is 0 Å². The van der Waals surface area contributed by atoms with Gasteiger partial charge in [-0.25, -0.2) is 4.98 Å². The van der Waals surface area contributed by atoms with E-state index in [1.165, 1.54) is 11.3 Å². The molecule has 2 heterocycles. The van der Waals surface area contributed by atoms with Crippen molar-refractivity contribution in [1.82, 2.24) is 14.9 Å². The van der Waals surface area contributed by atoms with E-state index in [9.17, 15) is 4.79 Å². The Kier molecular flexibility index (Phi) is 3.34. The highest BCUT2D eigenvalue weighted by molar-refractivity contribution is 7.16. The molecule has 5 nitrogen and oxygen atoms in total. The summed E-state index contributed by atoms with van der Waals surface area (Å²) >= 11 is 1.48. The Balaban J connectivity index is 1.75. The molecule has 0 unspecified atom stereocenters. The molecule has 1 aromatic carbocycles. The van der Waals surface area contributed by atoms with E-state index in [-0.39, 0.29) is 5.91 Å². The van der Waals surface area contributed by atoms with Crippen LogP contribution >= 0.6 is 11.3 Å². The van der Waals surface area contributed by atoms with Crippen molar-refractivity contribution in [2.75, 3.05) is 7.11 Å². The van der Waals surface area contributed by atoms with E-state index in [2.05, 4.69) is 14.9 Å². The number of imidazole rings is 1. The summed E-state index contributed by atoms with van der Waals surface area (Å²) in [6.07, 6.45) is 2.18. The Labute approximate surface area is 137 Å². The lowest BCUT2D eigenvalue weighted by Crippen LogP contribution is -2.24. The van der Waals surface area contributed by atoms with Gasteiger partial charge in [-0.3, -0.25) is 9.36 Å². The van der Waals surface area contributed by atoms with Gasteiger partial charge in [0.1, 0.15) is 22.1 Å². The third-order valence-electron chi connectivity index (χ3n) is 3.98. The van der Waals surface area contributed by atoms with Crippen molar-refractivity contribution < 1.29 is 9.53 Å². The minimum absolute atomic E-state index is 0.0170. The van der Waals surface area contributed by atoms with Crippen LogP contribution in [-0.2, 0) is 0 Å². The van der Waals surface area contributed by atoms with Crippen molar-refractivity contribution in [2.24, 2.45) is 0 Å². The zero-order valence-electron chi connectivity index (χ0n) is 13.0. The Morgan fingerprint density at radius 3 is 2.91 bits per heavy atom. The van der Waals surface area contributed by atoms with E-state index >= 15 is 0 Å². The van der Waals surface area contributed by atoms with E-state index in [0.717, 1.165) is 45.3 Å². The van der Waals surface area contributed by atoms with Crippen molar-refractivity contribution in [1.29, 1.82) is 0 Å². The normalized spacial score (nSPS) is 14.2. The molecule has 3 aromatic rings. The summed E-state index contributed by atoms with van der Waals surface area (Å²) in [7, 11) is 1.65. The Morgan fingerprint density at radius 2 is 2.17 bits per heavy atom. The van der Waals surface area contributed by atoms with Crippen LogP contribution < -0.4 is 10.1 Å². The number of nitrogens with one attached hydrogen (secondary N) is 1. The molecule has 0 aliphatic heterocycles. The third-order valence-corrected chi connectivity index (χ3v) is 5.05. The zero-order chi connectivity index (χ0) is 16.0. The number of hydrogen-bond acceptors (Lipinski definition) is 4. The maximum atomic E-state index is 12.2. The molecule has 1 aliphatic rings. The fourth-order valence-corrected chi connectivity index (χ4v) is 3.66. The summed E-state index contributed by atoms with van der Waals surface area (Å²) in [6, 6.07) is 10.1. The molecule has 6 heteroatoms. The first-order valence-corrected chi connectivity index (χ1v) is 8.42. The third kappa shape index (κ3) is 2.49. The fraction of sp³-hybridized carbons (Fsp3) is 0.294. The number of nitrogens with zero attached hydrogens (tertiary/aromatic N) is 2. The van der Waals surface area contributed by atoms with Crippen molar-refractivity contribution in [2.45, 2.75) is 25.8 Å². The van der Waals surface area contributed by atoms with E-state index < -0.39 is 0 Å². The van der Waals surface area contributed by atoms with Gasteiger partial charge in [0.25, 0.3) is 5.91 Å². The summed E-state index contributed by atoms with van der Waals surface area (Å²) < 4.78 is 7.46. The lowest BCUT2D eigenvalue weighted by atomic mass is 10.3. The predicted molar refractivity (Wildman–Crippen MR) is 90.7 cm³/mol. The molecule has 0 bridgehead atoms. The SMILES string of the molecule is COc1cccc2c1nc(C)n2-c1ccc(C(=O)NC2CC2)s1. The number of hydrogen-bond donors (Lipinski definition) is 1. The second-order valence-electron chi connectivity index (χ2n) is 5.71. The van der Waals surface area contributed by atoms with Gasteiger partial charge in [-0.2, -0.15) is 0 Å². The summed E-state index contributed by atoms with van der Waals surface area (Å²) in [4.78, 5) is 17.5. The maximum Gasteiger partial charge on any atom is 0.261 e. The number of methoxy groups -OCH3 is 1. The summed E-state index contributed by atoms with van der Waals surface area (Å²) in [5, 5.41) is 4.01. The van der Waals surface area contributed by atoms with E-state index in [0.29, 0.717) is 6.04 Å². The van der Waals surface area contributed by atoms with E-state index in [4.69, 9.17) is 4.74 Å². The molecule has 0 atom stereocenters. The van der Waals surface area contributed by atoms with Gasteiger partial charge in [-0.1, -0.05) is 6.07 Å². The summed E-state index contributed by atoms with van der Waals surface area (Å²) in [6.45, 7) is 1.96. The largest absolute Gasteiger partial charge is 0.494 e. The van der Waals surface area contributed by atoms with Gasteiger partial charge in [0.15, 0.2) is 0 Å². The number of benzene rings is 1. The molecule has 23 heavy (non-hydrogen) atoms. The molecule has 2 aromatic heterocycles. The van der Waals surface area contributed by atoms with Gasteiger partial charge in [0.2, 0.25) is 0 Å². The highest BCUT2D eigenvalue weighted by Crippen LogP contribution is 2.31. The number of amides is 1. The molecule has 1 fully saturated rings. The Morgan fingerprint density at radius 1 is 1.35 bits per heavy atom. The van der Waals surface area contributed by atoms with Crippen LogP contribution in [0.1, 0.15) is 28.3 Å². The van der Waals surface area contributed by atoms with E-state index in [1.807, 2.05) is 37.3 Å². The maximum absolute atomic E-state index is 12.2. The number of para-hydroxylation sites is 1. The molecular formula is C17H17N3O2S.